The maximum absolute atomic E-state index is 5.46. The lowest BCUT2D eigenvalue weighted by Gasteiger charge is -1.95. The maximum atomic E-state index is 5.46. The normalized spacial score (nSPS) is 11.2. The minimum atomic E-state index is 0.641. The SMILES string of the molecule is NCCCc1nnn(-c2c[nH]c3ccccc23)n1. The zero-order valence-electron chi connectivity index (χ0n) is 9.87. The zero-order chi connectivity index (χ0) is 12.4. The second-order valence-electron chi connectivity index (χ2n) is 4.11. The van der Waals surface area contributed by atoms with Crippen LogP contribution in [-0.4, -0.2) is 31.7 Å². The summed E-state index contributed by atoms with van der Waals surface area (Å²) in [5, 5.41) is 13.5. The molecule has 0 atom stereocenters. The molecular weight excluding hydrogens is 228 g/mol. The van der Waals surface area contributed by atoms with Crippen molar-refractivity contribution >= 4 is 10.9 Å². The Morgan fingerprint density at radius 3 is 3.06 bits per heavy atom. The second kappa shape index (κ2) is 4.58. The number of para-hydroxylation sites is 1. The Hall–Kier alpha value is -2.21. The number of H-pyrrole nitrogens is 1. The summed E-state index contributed by atoms with van der Waals surface area (Å²) in [7, 11) is 0. The van der Waals surface area contributed by atoms with E-state index in [-0.39, 0.29) is 0 Å². The van der Waals surface area contributed by atoms with Gasteiger partial charge in [0.25, 0.3) is 0 Å². The van der Waals surface area contributed by atoms with Crippen molar-refractivity contribution in [2.24, 2.45) is 5.73 Å². The number of aromatic nitrogens is 5. The van der Waals surface area contributed by atoms with E-state index in [0.29, 0.717) is 6.54 Å². The fourth-order valence-corrected chi connectivity index (χ4v) is 1.93. The Kier molecular flexibility index (Phi) is 2.77. The lowest BCUT2D eigenvalue weighted by atomic mass is 10.2. The van der Waals surface area contributed by atoms with Gasteiger partial charge < -0.3 is 10.7 Å². The molecule has 2 aromatic heterocycles. The number of benzene rings is 1. The van der Waals surface area contributed by atoms with Gasteiger partial charge in [-0.05, 0) is 24.2 Å². The molecule has 1 aromatic carbocycles. The van der Waals surface area contributed by atoms with Crippen LogP contribution in [0.4, 0.5) is 0 Å². The first-order valence-electron chi connectivity index (χ1n) is 5.94. The monoisotopic (exact) mass is 242 g/mol. The number of aromatic amines is 1. The van der Waals surface area contributed by atoms with Gasteiger partial charge in [0.1, 0.15) is 5.69 Å². The summed E-state index contributed by atoms with van der Waals surface area (Å²) in [5.41, 5.74) is 7.44. The van der Waals surface area contributed by atoms with E-state index in [1.807, 2.05) is 30.5 Å². The number of rotatable bonds is 4. The number of hydrogen-bond acceptors (Lipinski definition) is 4. The van der Waals surface area contributed by atoms with Gasteiger partial charge >= 0.3 is 0 Å². The van der Waals surface area contributed by atoms with Gasteiger partial charge in [0, 0.05) is 23.5 Å². The predicted octanol–water partition coefficient (Wildman–Crippen LogP) is 1.03. The highest BCUT2D eigenvalue weighted by Crippen LogP contribution is 2.19. The number of hydrogen-bond donors (Lipinski definition) is 2. The Labute approximate surface area is 104 Å². The van der Waals surface area contributed by atoms with Crippen molar-refractivity contribution in [2.75, 3.05) is 6.54 Å². The largest absolute Gasteiger partial charge is 0.359 e. The van der Waals surface area contributed by atoms with Crippen molar-refractivity contribution in [3.8, 4) is 5.69 Å². The quantitative estimate of drug-likeness (QED) is 0.715. The van der Waals surface area contributed by atoms with Crippen LogP contribution in [0.25, 0.3) is 16.6 Å². The highest BCUT2D eigenvalue weighted by Gasteiger charge is 2.09. The van der Waals surface area contributed by atoms with Crippen LogP contribution in [0.5, 0.6) is 0 Å². The molecule has 6 heteroatoms. The van der Waals surface area contributed by atoms with E-state index in [0.717, 1.165) is 35.3 Å². The number of tetrazole rings is 1. The lowest BCUT2D eigenvalue weighted by molar-refractivity contribution is 0.719. The third-order valence-electron chi connectivity index (χ3n) is 2.84. The molecule has 3 rings (SSSR count). The van der Waals surface area contributed by atoms with Crippen molar-refractivity contribution in [3.63, 3.8) is 0 Å². The van der Waals surface area contributed by atoms with Crippen LogP contribution >= 0.6 is 0 Å². The molecule has 3 aromatic rings. The zero-order valence-corrected chi connectivity index (χ0v) is 9.87. The first-order chi connectivity index (χ1) is 8.88. The van der Waals surface area contributed by atoms with Gasteiger partial charge in [-0.2, -0.15) is 0 Å². The smallest absolute Gasteiger partial charge is 0.175 e. The Morgan fingerprint density at radius 2 is 2.17 bits per heavy atom. The molecule has 0 bridgehead atoms. The van der Waals surface area contributed by atoms with Crippen LogP contribution in [-0.2, 0) is 6.42 Å². The van der Waals surface area contributed by atoms with Crippen LogP contribution in [0.3, 0.4) is 0 Å². The average molecular weight is 242 g/mol. The summed E-state index contributed by atoms with van der Waals surface area (Å²) in [6.45, 7) is 0.641. The number of nitrogens with zero attached hydrogens (tertiary/aromatic N) is 4. The van der Waals surface area contributed by atoms with Gasteiger partial charge in [-0.25, -0.2) is 0 Å². The van der Waals surface area contributed by atoms with E-state index < -0.39 is 0 Å². The van der Waals surface area contributed by atoms with E-state index in [1.54, 1.807) is 4.80 Å². The summed E-state index contributed by atoms with van der Waals surface area (Å²) >= 11 is 0. The highest BCUT2D eigenvalue weighted by atomic mass is 15.6. The first-order valence-corrected chi connectivity index (χ1v) is 5.94. The van der Waals surface area contributed by atoms with E-state index in [4.69, 9.17) is 5.73 Å². The molecular formula is C12H14N6. The average Bonchev–Trinajstić information content (AvgIpc) is 3.02. The van der Waals surface area contributed by atoms with Gasteiger partial charge in [0.2, 0.25) is 0 Å². The number of fused-ring (bicyclic) bond motifs is 1. The van der Waals surface area contributed by atoms with Gasteiger partial charge in [-0.15, -0.1) is 15.0 Å². The van der Waals surface area contributed by atoms with Crippen molar-refractivity contribution in [1.82, 2.24) is 25.2 Å². The molecule has 0 aliphatic carbocycles. The van der Waals surface area contributed by atoms with Crippen LogP contribution in [0.2, 0.25) is 0 Å². The van der Waals surface area contributed by atoms with Crippen molar-refractivity contribution < 1.29 is 0 Å². The number of aryl methyl sites for hydroxylation is 1. The van der Waals surface area contributed by atoms with Crippen LogP contribution in [0.1, 0.15) is 12.2 Å². The van der Waals surface area contributed by atoms with Crippen molar-refractivity contribution in [2.45, 2.75) is 12.8 Å². The predicted molar refractivity (Wildman–Crippen MR) is 68.4 cm³/mol. The van der Waals surface area contributed by atoms with E-state index >= 15 is 0 Å². The topological polar surface area (TPSA) is 85.4 Å². The summed E-state index contributed by atoms with van der Waals surface area (Å²) in [5.74, 6) is 0.728. The minimum absolute atomic E-state index is 0.641. The number of nitrogens with one attached hydrogen (secondary N) is 1. The van der Waals surface area contributed by atoms with Crippen LogP contribution in [0, 0.1) is 0 Å². The van der Waals surface area contributed by atoms with E-state index in [9.17, 15) is 0 Å². The summed E-state index contributed by atoms with van der Waals surface area (Å²) < 4.78 is 0. The molecule has 18 heavy (non-hydrogen) atoms. The molecule has 0 radical (unpaired) electrons. The Morgan fingerprint density at radius 1 is 1.28 bits per heavy atom. The molecule has 6 nitrogen and oxygen atoms in total. The summed E-state index contributed by atoms with van der Waals surface area (Å²) in [6.07, 6.45) is 3.53. The van der Waals surface area contributed by atoms with Crippen LogP contribution < -0.4 is 5.73 Å². The molecule has 3 N–H and O–H groups in total. The standard InChI is InChI=1S/C12H14N6/c13-7-3-6-12-15-17-18(16-12)11-8-14-10-5-2-1-4-9(10)11/h1-2,4-5,8,14H,3,6-7,13H2. The van der Waals surface area contributed by atoms with Gasteiger partial charge in [0.05, 0.1) is 0 Å². The van der Waals surface area contributed by atoms with Crippen molar-refractivity contribution in [3.05, 3.63) is 36.3 Å². The van der Waals surface area contributed by atoms with Gasteiger partial charge in [-0.1, -0.05) is 18.2 Å². The number of nitrogens with two attached hydrogens (primary N) is 1. The minimum Gasteiger partial charge on any atom is -0.359 e. The highest BCUT2D eigenvalue weighted by molar-refractivity contribution is 5.87. The van der Waals surface area contributed by atoms with E-state index in [2.05, 4.69) is 20.4 Å². The molecule has 92 valence electrons. The molecule has 0 amide bonds. The molecule has 0 unspecified atom stereocenters. The Bertz CT molecular complexity index is 653. The molecule has 0 spiro atoms. The summed E-state index contributed by atoms with van der Waals surface area (Å²) in [4.78, 5) is 4.75. The molecule has 2 heterocycles. The second-order valence-corrected chi connectivity index (χ2v) is 4.11. The molecule has 0 aliphatic heterocycles. The molecule has 0 fully saturated rings. The van der Waals surface area contributed by atoms with E-state index in [1.165, 1.54) is 0 Å². The molecule has 0 aliphatic rings. The van der Waals surface area contributed by atoms with Crippen molar-refractivity contribution in [1.29, 1.82) is 0 Å². The molecule has 0 saturated heterocycles. The van der Waals surface area contributed by atoms with Gasteiger partial charge in [0.15, 0.2) is 5.82 Å². The summed E-state index contributed by atoms with van der Waals surface area (Å²) in [6, 6.07) is 8.03. The third-order valence-corrected chi connectivity index (χ3v) is 2.84. The first kappa shape index (κ1) is 10.9. The van der Waals surface area contributed by atoms with Gasteiger partial charge in [-0.3, -0.25) is 0 Å². The fourth-order valence-electron chi connectivity index (χ4n) is 1.93. The fraction of sp³-hybridized carbons (Fsp3) is 0.250. The lowest BCUT2D eigenvalue weighted by Crippen LogP contribution is -2.02. The third kappa shape index (κ3) is 1.86. The van der Waals surface area contributed by atoms with Crippen LogP contribution in [0.15, 0.2) is 30.5 Å². The molecule has 0 saturated carbocycles. The maximum Gasteiger partial charge on any atom is 0.175 e. The Balaban J connectivity index is 1.96.